The molecule has 1 aromatic rings. The van der Waals surface area contributed by atoms with Gasteiger partial charge in [0.05, 0.1) is 4.47 Å². The first-order valence-electron chi connectivity index (χ1n) is 4.24. The normalized spacial score (nSPS) is 11.5. The molecule has 4 nitrogen and oxygen atoms in total. The van der Waals surface area contributed by atoms with E-state index in [4.69, 9.17) is 5.11 Å². The lowest BCUT2D eigenvalue weighted by molar-refractivity contribution is -0.138. The number of nitrogens with zero attached hydrogens (tertiary/aromatic N) is 2. The van der Waals surface area contributed by atoms with Crippen LogP contribution >= 0.6 is 27.7 Å². The van der Waals surface area contributed by atoms with Crippen LogP contribution in [0, 0.1) is 6.92 Å². The summed E-state index contributed by atoms with van der Waals surface area (Å²) in [6, 6.07) is 0. The molecule has 0 unspecified atom stereocenters. The molecule has 0 saturated heterocycles. The first-order valence-corrected chi connectivity index (χ1v) is 5.85. The fourth-order valence-corrected chi connectivity index (χ4v) is 2.12. The Kier molecular flexibility index (Phi) is 3.72. The summed E-state index contributed by atoms with van der Waals surface area (Å²) < 4.78 is -0.184. The number of halogens is 1. The fraction of sp³-hybridized carbons (Fsp3) is 0.444. The number of thioether (sulfide) groups is 1. The van der Waals surface area contributed by atoms with Gasteiger partial charge in [0, 0.05) is 6.20 Å². The Balaban J connectivity index is 2.99. The van der Waals surface area contributed by atoms with Crippen molar-refractivity contribution in [1.29, 1.82) is 0 Å². The van der Waals surface area contributed by atoms with E-state index in [1.165, 1.54) is 11.8 Å². The summed E-state index contributed by atoms with van der Waals surface area (Å²) in [6.07, 6.45) is 1.63. The molecule has 0 aliphatic heterocycles. The first kappa shape index (κ1) is 12.4. The molecular formula is C9H11BrN2O2S. The Morgan fingerprint density at radius 2 is 2.20 bits per heavy atom. The van der Waals surface area contributed by atoms with Gasteiger partial charge in [-0.3, -0.25) is 4.79 Å². The number of hydrogen-bond donors (Lipinski definition) is 1. The maximum atomic E-state index is 10.9. The summed E-state index contributed by atoms with van der Waals surface area (Å²) in [5, 5.41) is 9.63. The van der Waals surface area contributed by atoms with Crippen molar-refractivity contribution in [2.75, 3.05) is 0 Å². The first-order chi connectivity index (χ1) is 6.83. The van der Waals surface area contributed by atoms with E-state index in [9.17, 15) is 4.79 Å². The molecule has 1 N–H and O–H groups in total. The summed E-state index contributed by atoms with van der Waals surface area (Å²) in [5.41, 5.74) is 0. The standard InChI is InChI=1S/C9H11BrN2O2S/c1-5-11-4-6(10)7(12-5)15-9(2,3)8(13)14/h4H,1-3H3,(H,13,14). The lowest BCUT2D eigenvalue weighted by atomic mass is 10.2. The van der Waals surface area contributed by atoms with Crippen molar-refractivity contribution < 1.29 is 9.90 Å². The van der Waals surface area contributed by atoms with Crippen molar-refractivity contribution in [3.05, 3.63) is 16.5 Å². The number of carbonyl (C=O) groups is 1. The van der Waals surface area contributed by atoms with E-state index in [-0.39, 0.29) is 0 Å². The zero-order valence-electron chi connectivity index (χ0n) is 8.61. The molecule has 0 fully saturated rings. The molecule has 1 rings (SSSR count). The second kappa shape index (κ2) is 4.49. The minimum Gasteiger partial charge on any atom is -0.480 e. The van der Waals surface area contributed by atoms with E-state index >= 15 is 0 Å². The van der Waals surface area contributed by atoms with Crippen LogP contribution in [-0.4, -0.2) is 25.8 Å². The molecule has 0 bridgehead atoms. The summed E-state index contributed by atoms with van der Waals surface area (Å²) in [4.78, 5) is 19.1. The molecule has 15 heavy (non-hydrogen) atoms. The van der Waals surface area contributed by atoms with Crippen molar-refractivity contribution in [2.24, 2.45) is 0 Å². The van der Waals surface area contributed by atoms with Crippen LogP contribution in [0.25, 0.3) is 0 Å². The highest BCUT2D eigenvalue weighted by atomic mass is 79.9. The van der Waals surface area contributed by atoms with E-state index in [0.29, 0.717) is 15.3 Å². The molecule has 0 amide bonds. The van der Waals surface area contributed by atoms with E-state index in [1.54, 1.807) is 27.0 Å². The third-order valence-corrected chi connectivity index (χ3v) is 3.73. The number of rotatable bonds is 3. The van der Waals surface area contributed by atoms with E-state index in [2.05, 4.69) is 25.9 Å². The summed E-state index contributed by atoms with van der Waals surface area (Å²) in [6.45, 7) is 5.05. The number of carboxylic acids is 1. The Hall–Kier alpha value is -0.620. The molecule has 0 atom stereocenters. The molecule has 0 aromatic carbocycles. The number of carboxylic acid groups (broad SMARTS) is 1. The molecule has 0 radical (unpaired) electrons. The SMILES string of the molecule is Cc1ncc(Br)c(SC(C)(C)C(=O)O)n1. The van der Waals surface area contributed by atoms with Gasteiger partial charge in [0.2, 0.25) is 0 Å². The van der Waals surface area contributed by atoms with Gasteiger partial charge in [-0.15, -0.1) is 0 Å². The third kappa shape index (κ3) is 3.17. The predicted molar refractivity (Wildman–Crippen MR) is 62.0 cm³/mol. The van der Waals surface area contributed by atoms with Gasteiger partial charge in [0.15, 0.2) is 0 Å². The average molecular weight is 291 g/mol. The van der Waals surface area contributed by atoms with Crippen LogP contribution in [-0.2, 0) is 4.79 Å². The van der Waals surface area contributed by atoms with Gasteiger partial charge in [0.25, 0.3) is 0 Å². The Bertz CT molecular complexity index is 396. The van der Waals surface area contributed by atoms with Crippen LogP contribution in [0.3, 0.4) is 0 Å². The maximum absolute atomic E-state index is 10.9. The Morgan fingerprint density at radius 1 is 1.60 bits per heavy atom. The molecule has 0 saturated carbocycles. The number of aryl methyl sites for hydroxylation is 1. The highest BCUT2D eigenvalue weighted by molar-refractivity contribution is 9.10. The smallest absolute Gasteiger partial charge is 0.319 e. The Morgan fingerprint density at radius 3 is 2.73 bits per heavy atom. The quantitative estimate of drug-likeness (QED) is 0.684. The van der Waals surface area contributed by atoms with Crippen molar-refractivity contribution >= 4 is 33.7 Å². The highest BCUT2D eigenvalue weighted by Crippen LogP contribution is 2.35. The summed E-state index contributed by atoms with van der Waals surface area (Å²) in [5.74, 6) is -0.238. The number of aliphatic carboxylic acids is 1. The molecule has 0 spiro atoms. The van der Waals surface area contributed by atoms with E-state index in [0.717, 1.165) is 0 Å². The van der Waals surface area contributed by atoms with Gasteiger partial charge < -0.3 is 5.11 Å². The molecule has 6 heteroatoms. The van der Waals surface area contributed by atoms with Gasteiger partial charge >= 0.3 is 5.97 Å². The lowest BCUT2D eigenvalue weighted by Crippen LogP contribution is -2.27. The van der Waals surface area contributed by atoms with Gasteiger partial charge in [0.1, 0.15) is 15.6 Å². The minimum absolute atomic E-state index is 0.627. The molecule has 1 aromatic heterocycles. The van der Waals surface area contributed by atoms with Crippen LogP contribution in [0.15, 0.2) is 15.7 Å². The van der Waals surface area contributed by atoms with Gasteiger partial charge in [-0.1, -0.05) is 11.8 Å². The summed E-state index contributed by atoms with van der Waals surface area (Å²) in [7, 11) is 0. The van der Waals surface area contributed by atoms with Crippen molar-refractivity contribution in [2.45, 2.75) is 30.5 Å². The molecular weight excluding hydrogens is 280 g/mol. The van der Waals surface area contributed by atoms with Crippen LogP contribution < -0.4 is 0 Å². The predicted octanol–water partition coefficient (Wildman–Crippen LogP) is 2.50. The van der Waals surface area contributed by atoms with Gasteiger partial charge in [-0.2, -0.15) is 0 Å². The van der Waals surface area contributed by atoms with Crippen LogP contribution in [0.5, 0.6) is 0 Å². The van der Waals surface area contributed by atoms with E-state index in [1.807, 2.05) is 0 Å². The van der Waals surface area contributed by atoms with Crippen molar-refractivity contribution in [3.63, 3.8) is 0 Å². The molecule has 0 aliphatic carbocycles. The van der Waals surface area contributed by atoms with Crippen molar-refractivity contribution in [3.8, 4) is 0 Å². The maximum Gasteiger partial charge on any atom is 0.319 e. The van der Waals surface area contributed by atoms with Crippen LogP contribution in [0.1, 0.15) is 19.7 Å². The lowest BCUT2D eigenvalue weighted by Gasteiger charge is -2.18. The molecule has 82 valence electrons. The van der Waals surface area contributed by atoms with Crippen LogP contribution in [0.4, 0.5) is 0 Å². The third-order valence-electron chi connectivity index (χ3n) is 1.70. The zero-order valence-corrected chi connectivity index (χ0v) is 11.0. The van der Waals surface area contributed by atoms with Gasteiger partial charge in [-0.25, -0.2) is 9.97 Å². The largest absolute Gasteiger partial charge is 0.480 e. The van der Waals surface area contributed by atoms with Crippen LogP contribution in [0.2, 0.25) is 0 Å². The monoisotopic (exact) mass is 290 g/mol. The fourth-order valence-electron chi connectivity index (χ4n) is 0.791. The topological polar surface area (TPSA) is 63.1 Å². The second-order valence-corrected chi connectivity index (χ2v) is 5.95. The van der Waals surface area contributed by atoms with Gasteiger partial charge in [-0.05, 0) is 36.7 Å². The average Bonchev–Trinajstić information content (AvgIpc) is 2.10. The highest BCUT2D eigenvalue weighted by Gasteiger charge is 2.30. The zero-order chi connectivity index (χ0) is 11.6. The second-order valence-electron chi connectivity index (χ2n) is 3.49. The number of hydrogen-bond acceptors (Lipinski definition) is 4. The number of aromatic nitrogens is 2. The van der Waals surface area contributed by atoms with E-state index < -0.39 is 10.7 Å². The molecule has 1 heterocycles. The molecule has 0 aliphatic rings. The summed E-state index contributed by atoms with van der Waals surface area (Å²) >= 11 is 4.49. The van der Waals surface area contributed by atoms with Crippen molar-refractivity contribution in [1.82, 2.24) is 9.97 Å². The minimum atomic E-state index is -0.899. The Labute approximate surface area is 101 Å².